The molecule has 1 aromatic carbocycles. The van der Waals surface area contributed by atoms with Gasteiger partial charge in [-0.05, 0) is 67.6 Å². The Morgan fingerprint density at radius 2 is 1.85 bits per heavy atom. The normalized spacial score (nSPS) is 14.4. The first-order valence-corrected chi connectivity index (χ1v) is 11.2. The number of hydrogen-bond acceptors (Lipinski definition) is 8. The maximum absolute atomic E-state index is 11.6. The van der Waals surface area contributed by atoms with E-state index in [1.165, 1.54) is 17.7 Å². The molecule has 4 rings (SSSR count). The summed E-state index contributed by atoms with van der Waals surface area (Å²) >= 11 is 0. The zero-order chi connectivity index (χ0) is 24.1. The number of hydrogen-bond donors (Lipinski definition) is 1. The highest BCUT2D eigenvalue weighted by atomic mass is 16.6. The zero-order valence-corrected chi connectivity index (χ0v) is 19.2. The Bertz CT molecular complexity index is 1190. The lowest BCUT2D eigenvalue weighted by atomic mass is 10.0. The Balaban J connectivity index is 1.46. The topological polar surface area (TPSA) is 117 Å². The van der Waals surface area contributed by atoms with Crippen LogP contribution in [0.5, 0.6) is 11.6 Å². The van der Waals surface area contributed by atoms with Crippen LogP contribution in [0.15, 0.2) is 48.8 Å². The molecule has 1 saturated heterocycles. The molecule has 0 aliphatic carbocycles. The molecule has 1 aliphatic rings. The standard InChI is InChI=1S/C25H26N6O3/c1-17-13-20(15-26)14-18(2)24(17)34-23-4-3-22(31(32)33)25(29-23)28-21-7-11-30(12-8-21)16-19-5-9-27-10-6-19/h3-6,9-10,13-14,21H,7-8,11-12,16H2,1-2H3,(H,28,29). The predicted molar refractivity (Wildman–Crippen MR) is 128 cm³/mol. The van der Waals surface area contributed by atoms with Crippen LogP contribution >= 0.6 is 0 Å². The van der Waals surface area contributed by atoms with Gasteiger partial charge in [0, 0.05) is 50.2 Å². The maximum atomic E-state index is 11.6. The van der Waals surface area contributed by atoms with Gasteiger partial charge >= 0.3 is 5.69 Å². The van der Waals surface area contributed by atoms with Gasteiger partial charge in [0.05, 0.1) is 16.6 Å². The number of nitriles is 1. The molecule has 0 amide bonds. The van der Waals surface area contributed by atoms with Crippen LogP contribution in [-0.2, 0) is 6.54 Å². The molecule has 9 heteroatoms. The van der Waals surface area contributed by atoms with E-state index in [0.717, 1.165) is 43.6 Å². The molecule has 0 radical (unpaired) electrons. The van der Waals surface area contributed by atoms with Crippen molar-refractivity contribution in [2.24, 2.45) is 0 Å². The zero-order valence-electron chi connectivity index (χ0n) is 19.2. The molecule has 2 aromatic heterocycles. The average Bonchev–Trinajstić information content (AvgIpc) is 2.83. The van der Waals surface area contributed by atoms with Crippen molar-refractivity contribution >= 4 is 11.5 Å². The summed E-state index contributed by atoms with van der Waals surface area (Å²) in [6, 6.07) is 12.6. The summed E-state index contributed by atoms with van der Waals surface area (Å²) in [5.41, 5.74) is 3.29. The predicted octanol–water partition coefficient (Wildman–Crippen LogP) is 4.74. The number of rotatable bonds is 7. The van der Waals surface area contributed by atoms with Crippen LogP contribution in [0.4, 0.5) is 11.5 Å². The van der Waals surface area contributed by atoms with Gasteiger partial charge in [0.2, 0.25) is 11.7 Å². The molecule has 174 valence electrons. The highest BCUT2D eigenvalue weighted by Crippen LogP contribution is 2.32. The second-order valence-corrected chi connectivity index (χ2v) is 8.48. The molecule has 0 spiro atoms. The molecule has 0 saturated carbocycles. The van der Waals surface area contributed by atoms with Crippen molar-refractivity contribution in [1.82, 2.24) is 14.9 Å². The van der Waals surface area contributed by atoms with Crippen LogP contribution in [0.3, 0.4) is 0 Å². The SMILES string of the molecule is Cc1cc(C#N)cc(C)c1Oc1ccc([N+](=O)[O-])c(NC2CCN(Cc3ccncc3)CC2)n1. The van der Waals surface area contributed by atoms with Crippen molar-refractivity contribution in [1.29, 1.82) is 5.26 Å². The lowest BCUT2D eigenvalue weighted by Gasteiger charge is -2.32. The minimum atomic E-state index is -0.435. The van der Waals surface area contributed by atoms with Gasteiger partial charge in [-0.3, -0.25) is 20.0 Å². The number of likely N-dealkylation sites (tertiary alicyclic amines) is 1. The molecule has 0 atom stereocenters. The second kappa shape index (κ2) is 10.3. The van der Waals surface area contributed by atoms with E-state index in [0.29, 0.717) is 11.3 Å². The van der Waals surface area contributed by atoms with Gasteiger partial charge in [-0.2, -0.15) is 10.2 Å². The van der Waals surface area contributed by atoms with Gasteiger partial charge in [-0.1, -0.05) is 0 Å². The highest BCUT2D eigenvalue weighted by molar-refractivity contribution is 5.58. The molecule has 9 nitrogen and oxygen atoms in total. The number of pyridine rings is 2. The number of benzene rings is 1. The summed E-state index contributed by atoms with van der Waals surface area (Å²) < 4.78 is 5.99. The Morgan fingerprint density at radius 1 is 1.18 bits per heavy atom. The highest BCUT2D eigenvalue weighted by Gasteiger charge is 2.24. The third-order valence-corrected chi connectivity index (χ3v) is 5.93. The second-order valence-electron chi connectivity index (χ2n) is 8.48. The van der Waals surface area contributed by atoms with Gasteiger partial charge in [-0.25, -0.2) is 0 Å². The number of anilines is 1. The fraction of sp³-hybridized carbons (Fsp3) is 0.320. The van der Waals surface area contributed by atoms with E-state index in [4.69, 9.17) is 10.00 Å². The van der Waals surface area contributed by atoms with Crippen LogP contribution in [-0.4, -0.2) is 38.9 Å². The Hall–Kier alpha value is -4.03. The van der Waals surface area contributed by atoms with Gasteiger partial charge in [0.1, 0.15) is 5.75 Å². The van der Waals surface area contributed by atoms with Gasteiger partial charge in [0.25, 0.3) is 0 Å². The molecular weight excluding hydrogens is 432 g/mol. The van der Waals surface area contributed by atoms with Crippen LogP contribution in [0.25, 0.3) is 0 Å². The lowest BCUT2D eigenvalue weighted by Crippen LogP contribution is -2.38. The monoisotopic (exact) mass is 458 g/mol. The van der Waals surface area contributed by atoms with E-state index >= 15 is 0 Å². The summed E-state index contributed by atoms with van der Waals surface area (Å²) in [5, 5.41) is 24.0. The van der Waals surface area contributed by atoms with E-state index in [9.17, 15) is 10.1 Å². The number of piperidine rings is 1. The molecule has 0 bridgehead atoms. The van der Waals surface area contributed by atoms with Crippen molar-refractivity contribution in [2.75, 3.05) is 18.4 Å². The van der Waals surface area contributed by atoms with E-state index in [-0.39, 0.29) is 23.4 Å². The average molecular weight is 459 g/mol. The molecular formula is C25H26N6O3. The van der Waals surface area contributed by atoms with Gasteiger partial charge < -0.3 is 10.1 Å². The molecule has 1 aliphatic heterocycles. The molecule has 3 heterocycles. The minimum Gasteiger partial charge on any atom is -0.438 e. The molecule has 3 aromatic rings. The molecule has 34 heavy (non-hydrogen) atoms. The van der Waals surface area contributed by atoms with Gasteiger partial charge in [0.15, 0.2) is 0 Å². The summed E-state index contributed by atoms with van der Waals surface area (Å²) in [6.45, 7) is 6.34. The van der Waals surface area contributed by atoms with Crippen LogP contribution < -0.4 is 10.1 Å². The minimum absolute atomic E-state index is 0.0773. The fourth-order valence-corrected chi connectivity index (χ4v) is 4.20. The third kappa shape index (κ3) is 5.47. The fourth-order valence-electron chi connectivity index (χ4n) is 4.20. The Kier molecular flexibility index (Phi) is 6.99. The summed E-state index contributed by atoms with van der Waals surface area (Å²) in [5.74, 6) is 1.06. The number of ether oxygens (including phenoxy) is 1. The Labute approximate surface area is 198 Å². The molecule has 1 fully saturated rings. The molecule has 0 unspecified atom stereocenters. The van der Waals surface area contributed by atoms with Crippen molar-refractivity contribution in [3.8, 4) is 17.7 Å². The summed E-state index contributed by atoms with van der Waals surface area (Å²) in [4.78, 5) is 22.0. The van der Waals surface area contributed by atoms with E-state index in [2.05, 4.69) is 26.3 Å². The summed E-state index contributed by atoms with van der Waals surface area (Å²) in [6.07, 6.45) is 5.29. The van der Waals surface area contributed by atoms with Crippen molar-refractivity contribution < 1.29 is 9.66 Å². The number of nitro groups is 1. The first-order chi connectivity index (χ1) is 16.4. The van der Waals surface area contributed by atoms with Crippen molar-refractivity contribution in [3.05, 3.63) is 81.2 Å². The molecule has 1 N–H and O–H groups in total. The first-order valence-electron chi connectivity index (χ1n) is 11.2. The van der Waals surface area contributed by atoms with Crippen LogP contribution in [0.1, 0.15) is 35.1 Å². The number of aryl methyl sites for hydroxylation is 2. The lowest BCUT2D eigenvalue weighted by molar-refractivity contribution is -0.384. The van der Waals surface area contributed by atoms with Crippen molar-refractivity contribution in [3.63, 3.8) is 0 Å². The van der Waals surface area contributed by atoms with Crippen LogP contribution in [0.2, 0.25) is 0 Å². The smallest absolute Gasteiger partial charge is 0.311 e. The Morgan fingerprint density at radius 3 is 2.47 bits per heavy atom. The van der Waals surface area contributed by atoms with Gasteiger partial charge in [-0.15, -0.1) is 0 Å². The third-order valence-electron chi connectivity index (χ3n) is 5.93. The number of nitrogens with zero attached hydrogens (tertiary/aromatic N) is 5. The summed E-state index contributed by atoms with van der Waals surface area (Å²) in [7, 11) is 0. The van der Waals surface area contributed by atoms with Crippen LogP contribution in [0, 0.1) is 35.3 Å². The number of aromatic nitrogens is 2. The maximum Gasteiger partial charge on any atom is 0.311 e. The first kappa shape index (κ1) is 23.1. The van der Waals surface area contributed by atoms with Crippen molar-refractivity contribution in [2.45, 2.75) is 39.3 Å². The number of nitrogens with one attached hydrogen (secondary N) is 1. The van der Waals surface area contributed by atoms with E-state index in [1.54, 1.807) is 24.5 Å². The van der Waals surface area contributed by atoms with E-state index in [1.807, 2.05) is 26.0 Å². The van der Waals surface area contributed by atoms with E-state index < -0.39 is 4.92 Å². The largest absolute Gasteiger partial charge is 0.438 e. The quantitative estimate of drug-likeness (QED) is 0.398.